The van der Waals surface area contributed by atoms with E-state index in [1.54, 1.807) is 0 Å². The molecule has 0 spiro atoms. The van der Waals surface area contributed by atoms with Gasteiger partial charge in [-0.05, 0) is 45.7 Å². The molecule has 1 aromatic rings. The Morgan fingerprint density at radius 2 is 2.00 bits per heavy atom. The molecule has 0 atom stereocenters. The molecule has 0 saturated carbocycles. The number of hydrogen-bond acceptors (Lipinski definition) is 3. The number of carbonyl (C=O) groups excluding carboxylic acids is 1. The number of carbonyl (C=O) groups is 1. The van der Waals surface area contributed by atoms with E-state index in [2.05, 4.69) is 22.3 Å². The maximum atomic E-state index is 12.4. The van der Waals surface area contributed by atoms with Crippen molar-refractivity contribution in [2.45, 2.75) is 39.2 Å². The van der Waals surface area contributed by atoms with Gasteiger partial charge in [0.05, 0.1) is 5.56 Å². The summed E-state index contributed by atoms with van der Waals surface area (Å²) in [7, 11) is 0. The third kappa shape index (κ3) is 3.73. The Hall–Kier alpha value is -1.55. The molecular formula is C16H25N3O. The largest absolute Gasteiger partial charge is 0.371 e. The Morgan fingerprint density at radius 1 is 1.35 bits per heavy atom. The normalized spacial score (nSPS) is 15.5. The van der Waals surface area contributed by atoms with Gasteiger partial charge in [0.25, 0.3) is 5.91 Å². The minimum absolute atomic E-state index is 0.0332. The number of nitrogens with two attached hydrogens (primary N) is 1. The van der Waals surface area contributed by atoms with Crippen molar-refractivity contribution in [2.24, 2.45) is 5.73 Å². The van der Waals surface area contributed by atoms with Gasteiger partial charge in [0, 0.05) is 30.9 Å². The average Bonchev–Trinajstić information content (AvgIpc) is 2.88. The van der Waals surface area contributed by atoms with Crippen molar-refractivity contribution in [3.8, 4) is 0 Å². The van der Waals surface area contributed by atoms with Crippen LogP contribution in [0.3, 0.4) is 0 Å². The number of amides is 1. The van der Waals surface area contributed by atoms with E-state index in [1.807, 2.05) is 26.8 Å². The second-order valence-corrected chi connectivity index (χ2v) is 6.39. The van der Waals surface area contributed by atoms with E-state index in [-0.39, 0.29) is 5.91 Å². The summed E-state index contributed by atoms with van der Waals surface area (Å²) >= 11 is 0. The SMILES string of the molecule is Cc1ccc(N2CCCC2)c(C(=O)NCC(C)(C)N)c1. The third-order valence-corrected chi connectivity index (χ3v) is 3.55. The first-order valence-electron chi connectivity index (χ1n) is 7.29. The molecule has 1 heterocycles. The Balaban J connectivity index is 2.20. The van der Waals surface area contributed by atoms with E-state index in [9.17, 15) is 4.79 Å². The van der Waals surface area contributed by atoms with Gasteiger partial charge in [0.2, 0.25) is 0 Å². The highest BCUT2D eigenvalue weighted by Crippen LogP contribution is 2.25. The second-order valence-electron chi connectivity index (χ2n) is 6.39. The fourth-order valence-electron chi connectivity index (χ4n) is 2.47. The summed E-state index contributed by atoms with van der Waals surface area (Å²) in [6, 6.07) is 6.09. The predicted octanol–water partition coefficient (Wildman–Crippen LogP) is 2.06. The molecule has 0 aliphatic carbocycles. The molecule has 0 aromatic heterocycles. The molecule has 1 fully saturated rings. The van der Waals surface area contributed by atoms with Crippen LogP contribution in [0.1, 0.15) is 42.6 Å². The van der Waals surface area contributed by atoms with Crippen molar-refractivity contribution in [1.29, 1.82) is 0 Å². The summed E-state index contributed by atoms with van der Waals surface area (Å²) in [6.07, 6.45) is 2.40. The molecule has 1 aliphatic heterocycles. The topological polar surface area (TPSA) is 58.4 Å². The molecule has 1 amide bonds. The minimum Gasteiger partial charge on any atom is -0.371 e. The van der Waals surface area contributed by atoms with Crippen LogP contribution < -0.4 is 16.0 Å². The van der Waals surface area contributed by atoms with Gasteiger partial charge in [-0.15, -0.1) is 0 Å². The smallest absolute Gasteiger partial charge is 0.253 e. The first-order valence-corrected chi connectivity index (χ1v) is 7.29. The fraction of sp³-hybridized carbons (Fsp3) is 0.562. The van der Waals surface area contributed by atoms with Gasteiger partial charge < -0.3 is 16.0 Å². The molecule has 1 aromatic carbocycles. The maximum Gasteiger partial charge on any atom is 0.253 e. The highest BCUT2D eigenvalue weighted by molar-refractivity contribution is 6.00. The standard InChI is InChI=1S/C16H25N3O/c1-12-6-7-14(19-8-4-5-9-19)13(10-12)15(20)18-11-16(2,3)17/h6-7,10H,4-5,8-9,11,17H2,1-3H3,(H,18,20). The first kappa shape index (κ1) is 14.9. The summed E-state index contributed by atoms with van der Waals surface area (Å²) in [5, 5.41) is 2.94. The first-order chi connectivity index (χ1) is 9.37. The predicted molar refractivity (Wildman–Crippen MR) is 83.2 cm³/mol. The van der Waals surface area contributed by atoms with Crippen LogP contribution >= 0.6 is 0 Å². The van der Waals surface area contributed by atoms with Crippen molar-refractivity contribution in [3.63, 3.8) is 0 Å². The molecule has 4 nitrogen and oxygen atoms in total. The van der Waals surface area contributed by atoms with E-state index in [0.717, 1.165) is 29.9 Å². The molecule has 110 valence electrons. The number of hydrogen-bond donors (Lipinski definition) is 2. The van der Waals surface area contributed by atoms with Crippen molar-refractivity contribution in [2.75, 3.05) is 24.5 Å². The molecule has 1 saturated heterocycles. The van der Waals surface area contributed by atoms with Crippen LogP contribution in [-0.4, -0.2) is 31.1 Å². The van der Waals surface area contributed by atoms with Crippen molar-refractivity contribution < 1.29 is 4.79 Å². The lowest BCUT2D eigenvalue weighted by atomic mass is 10.1. The summed E-state index contributed by atoms with van der Waals surface area (Å²) in [5.74, 6) is -0.0332. The lowest BCUT2D eigenvalue weighted by Crippen LogP contribution is -2.45. The highest BCUT2D eigenvalue weighted by Gasteiger charge is 2.20. The number of aryl methyl sites for hydroxylation is 1. The number of benzene rings is 1. The Bertz CT molecular complexity index is 485. The van der Waals surface area contributed by atoms with Crippen molar-refractivity contribution in [3.05, 3.63) is 29.3 Å². The van der Waals surface area contributed by atoms with Gasteiger partial charge in [0.1, 0.15) is 0 Å². The minimum atomic E-state index is -0.396. The number of nitrogens with one attached hydrogen (secondary N) is 1. The lowest BCUT2D eigenvalue weighted by molar-refractivity contribution is 0.0946. The fourth-order valence-corrected chi connectivity index (χ4v) is 2.47. The number of anilines is 1. The summed E-state index contributed by atoms with van der Waals surface area (Å²) in [4.78, 5) is 14.7. The molecule has 20 heavy (non-hydrogen) atoms. The molecule has 2 rings (SSSR count). The van der Waals surface area contributed by atoms with Gasteiger partial charge in [-0.2, -0.15) is 0 Å². The average molecular weight is 275 g/mol. The Morgan fingerprint density at radius 3 is 2.60 bits per heavy atom. The van der Waals surface area contributed by atoms with Crippen molar-refractivity contribution in [1.82, 2.24) is 5.32 Å². The van der Waals surface area contributed by atoms with E-state index < -0.39 is 5.54 Å². The quantitative estimate of drug-likeness (QED) is 0.884. The summed E-state index contributed by atoms with van der Waals surface area (Å²) < 4.78 is 0. The van der Waals surface area contributed by atoms with Crippen LogP contribution in [0.5, 0.6) is 0 Å². The lowest BCUT2D eigenvalue weighted by Gasteiger charge is -2.23. The zero-order valence-corrected chi connectivity index (χ0v) is 12.7. The molecule has 3 N–H and O–H groups in total. The van der Waals surface area contributed by atoms with Crippen LogP contribution in [0, 0.1) is 6.92 Å². The molecule has 4 heteroatoms. The van der Waals surface area contributed by atoms with Crippen LogP contribution in [0.4, 0.5) is 5.69 Å². The Labute approximate surface area is 121 Å². The molecular weight excluding hydrogens is 250 g/mol. The molecule has 0 unspecified atom stereocenters. The van der Waals surface area contributed by atoms with Crippen LogP contribution in [0.15, 0.2) is 18.2 Å². The van der Waals surface area contributed by atoms with E-state index in [1.165, 1.54) is 12.8 Å². The van der Waals surface area contributed by atoms with Gasteiger partial charge in [-0.25, -0.2) is 0 Å². The van der Waals surface area contributed by atoms with Gasteiger partial charge in [-0.1, -0.05) is 11.6 Å². The summed E-state index contributed by atoms with van der Waals surface area (Å²) in [5.41, 5.74) is 8.44. The number of rotatable bonds is 4. The molecule has 1 aliphatic rings. The Kier molecular flexibility index (Phi) is 4.33. The third-order valence-electron chi connectivity index (χ3n) is 3.55. The van der Waals surface area contributed by atoms with Crippen molar-refractivity contribution >= 4 is 11.6 Å². The maximum absolute atomic E-state index is 12.4. The van der Waals surface area contributed by atoms with E-state index >= 15 is 0 Å². The second kappa shape index (κ2) is 5.83. The van der Waals surface area contributed by atoms with Gasteiger partial charge >= 0.3 is 0 Å². The molecule has 0 radical (unpaired) electrons. The van der Waals surface area contributed by atoms with Gasteiger partial charge in [0.15, 0.2) is 0 Å². The van der Waals surface area contributed by atoms with Crippen LogP contribution in [0.25, 0.3) is 0 Å². The monoisotopic (exact) mass is 275 g/mol. The summed E-state index contributed by atoms with van der Waals surface area (Å²) in [6.45, 7) is 8.36. The zero-order chi connectivity index (χ0) is 14.8. The van der Waals surface area contributed by atoms with Crippen LogP contribution in [-0.2, 0) is 0 Å². The molecule has 0 bridgehead atoms. The highest BCUT2D eigenvalue weighted by atomic mass is 16.1. The van der Waals surface area contributed by atoms with Crippen LogP contribution in [0.2, 0.25) is 0 Å². The number of nitrogens with zero attached hydrogens (tertiary/aromatic N) is 1. The van der Waals surface area contributed by atoms with E-state index in [0.29, 0.717) is 6.54 Å². The van der Waals surface area contributed by atoms with Gasteiger partial charge in [-0.3, -0.25) is 4.79 Å². The van der Waals surface area contributed by atoms with E-state index in [4.69, 9.17) is 5.73 Å². The zero-order valence-electron chi connectivity index (χ0n) is 12.7.